The van der Waals surface area contributed by atoms with Crippen molar-refractivity contribution in [2.24, 2.45) is 0 Å². The van der Waals surface area contributed by atoms with Crippen LogP contribution in [-0.4, -0.2) is 78.4 Å². The smallest absolute Gasteiger partial charge is 0.321 e. The molecule has 0 saturated carbocycles. The van der Waals surface area contributed by atoms with Crippen LogP contribution in [0.15, 0.2) is 54.6 Å². The van der Waals surface area contributed by atoms with Crippen LogP contribution in [0.1, 0.15) is 17.5 Å². The molecule has 2 aromatic rings. The number of hydrogen-bond acceptors (Lipinski definition) is 3. The molecule has 176 valence electrons. The molecule has 1 N–H and O–H groups in total. The Labute approximate surface area is 191 Å². The van der Waals surface area contributed by atoms with E-state index in [9.17, 15) is 23.1 Å². The van der Waals surface area contributed by atoms with Gasteiger partial charge in [0.05, 0.1) is 6.61 Å². The first-order valence-electron chi connectivity index (χ1n) is 10.9. The van der Waals surface area contributed by atoms with E-state index in [1.165, 1.54) is 4.90 Å². The zero-order valence-electron chi connectivity index (χ0n) is 18.7. The van der Waals surface area contributed by atoms with Crippen molar-refractivity contribution >= 4 is 11.6 Å². The number of alkyl halides is 1. The predicted octanol–water partition coefficient (Wildman–Crippen LogP) is 3.65. The summed E-state index contributed by atoms with van der Waals surface area (Å²) in [6.45, 7) is -0.405. The molecule has 3 atom stereocenters. The minimum absolute atomic E-state index is 0.00585. The van der Waals surface area contributed by atoms with Gasteiger partial charge in [-0.3, -0.25) is 4.90 Å². The fourth-order valence-electron chi connectivity index (χ4n) is 4.91. The van der Waals surface area contributed by atoms with Crippen molar-refractivity contribution in [1.82, 2.24) is 14.7 Å². The van der Waals surface area contributed by atoms with Gasteiger partial charge >= 0.3 is 6.03 Å². The molecule has 1 fully saturated rings. The number of rotatable bonds is 5. The summed E-state index contributed by atoms with van der Waals surface area (Å²) in [5.74, 6) is -1.19. The fourth-order valence-corrected chi connectivity index (χ4v) is 4.91. The molecule has 0 bridgehead atoms. The number of likely N-dealkylation sites (tertiary alicyclic amines) is 1. The van der Waals surface area contributed by atoms with E-state index in [2.05, 4.69) is 0 Å². The Morgan fingerprint density at radius 3 is 2.58 bits per heavy atom. The normalized spacial score (nSPS) is 25.4. The van der Waals surface area contributed by atoms with Crippen LogP contribution in [0.3, 0.4) is 0 Å². The van der Waals surface area contributed by atoms with E-state index >= 15 is 0 Å². The topological polar surface area (TPSA) is 47.0 Å². The average Bonchev–Trinajstić information content (AvgIpc) is 3.41. The zero-order valence-corrected chi connectivity index (χ0v) is 18.7. The lowest BCUT2D eigenvalue weighted by atomic mass is 9.89. The number of nitrogens with zero attached hydrogens (tertiary/aromatic N) is 3. The van der Waals surface area contributed by atoms with E-state index < -0.39 is 30.5 Å². The Morgan fingerprint density at radius 2 is 1.94 bits per heavy atom. The van der Waals surface area contributed by atoms with Gasteiger partial charge in [-0.25, -0.2) is 18.0 Å². The number of urea groups is 1. The first-order valence-corrected chi connectivity index (χ1v) is 10.9. The number of aliphatic hydroxyl groups is 1. The molecule has 5 nitrogen and oxygen atoms in total. The van der Waals surface area contributed by atoms with E-state index in [4.69, 9.17) is 0 Å². The maximum absolute atomic E-state index is 14.6. The molecule has 0 aliphatic carbocycles. The molecule has 8 heteroatoms. The number of carbonyl (C=O) groups excluding carboxylic acids is 1. The summed E-state index contributed by atoms with van der Waals surface area (Å²) in [4.78, 5) is 18.7. The summed E-state index contributed by atoms with van der Waals surface area (Å²) < 4.78 is 41.9. The molecule has 0 spiro atoms. The number of carbonyl (C=O) groups is 1. The number of benzene rings is 2. The van der Waals surface area contributed by atoms with Gasteiger partial charge in [0, 0.05) is 37.8 Å². The summed E-state index contributed by atoms with van der Waals surface area (Å²) in [6.07, 6.45) is 2.15. The molecule has 0 unspecified atom stereocenters. The van der Waals surface area contributed by atoms with Gasteiger partial charge in [0.2, 0.25) is 0 Å². The summed E-state index contributed by atoms with van der Waals surface area (Å²) in [5, 5.41) is 10.6. The van der Waals surface area contributed by atoms with Gasteiger partial charge in [-0.1, -0.05) is 30.3 Å². The van der Waals surface area contributed by atoms with Crippen LogP contribution in [0.5, 0.6) is 0 Å². The largest absolute Gasteiger partial charge is 0.393 e. The van der Waals surface area contributed by atoms with Crippen molar-refractivity contribution in [2.45, 2.75) is 24.0 Å². The van der Waals surface area contributed by atoms with Gasteiger partial charge in [0.25, 0.3) is 0 Å². The minimum Gasteiger partial charge on any atom is -0.393 e. The van der Waals surface area contributed by atoms with Crippen molar-refractivity contribution in [1.29, 1.82) is 0 Å². The molecule has 2 aromatic carbocycles. The van der Waals surface area contributed by atoms with Gasteiger partial charge in [0.1, 0.15) is 23.8 Å². The lowest BCUT2D eigenvalue weighted by Crippen LogP contribution is -2.54. The molecule has 2 aliphatic rings. The Balaban J connectivity index is 1.73. The predicted molar refractivity (Wildman–Crippen MR) is 120 cm³/mol. The van der Waals surface area contributed by atoms with E-state index in [1.54, 1.807) is 42.3 Å². The monoisotopic (exact) mass is 459 g/mol. The van der Waals surface area contributed by atoms with Gasteiger partial charge in [-0.05, 0) is 48.9 Å². The molecule has 2 heterocycles. The quantitative estimate of drug-likeness (QED) is 0.743. The maximum Gasteiger partial charge on any atom is 0.321 e. The van der Waals surface area contributed by atoms with Crippen molar-refractivity contribution in [3.8, 4) is 0 Å². The zero-order chi connectivity index (χ0) is 23.8. The summed E-state index contributed by atoms with van der Waals surface area (Å²) in [7, 11) is 3.49. The second kappa shape index (κ2) is 9.19. The lowest BCUT2D eigenvalue weighted by Gasteiger charge is -2.40. The van der Waals surface area contributed by atoms with Crippen LogP contribution < -0.4 is 0 Å². The molecule has 2 aliphatic heterocycles. The Morgan fingerprint density at radius 1 is 1.21 bits per heavy atom. The first-order chi connectivity index (χ1) is 15.8. The Hall–Kier alpha value is -2.84. The number of aliphatic hydroxyl groups excluding tert-OH is 1. The molecule has 4 rings (SSSR count). The molecule has 1 saturated heterocycles. The van der Waals surface area contributed by atoms with Crippen molar-refractivity contribution in [2.75, 3.05) is 40.5 Å². The highest BCUT2D eigenvalue weighted by molar-refractivity contribution is 5.83. The summed E-state index contributed by atoms with van der Waals surface area (Å²) in [6, 6.07) is 11.4. The third kappa shape index (κ3) is 4.13. The number of amides is 2. The van der Waals surface area contributed by atoms with E-state index in [0.29, 0.717) is 24.1 Å². The second-order valence-electron chi connectivity index (χ2n) is 8.86. The van der Waals surface area contributed by atoms with E-state index in [-0.39, 0.29) is 30.2 Å². The van der Waals surface area contributed by atoms with E-state index in [1.807, 2.05) is 18.0 Å². The molecular weight excluding hydrogens is 431 g/mol. The third-order valence-corrected chi connectivity index (χ3v) is 6.94. The van der Waals surface area contributed by atoms with Crippen LogP contribution in [0.4, 0.5) is 18.0 Å². The molecular formula is C25H28F3N3O2. The Kier molecular flexibility index (Phi) is 6.50. The Bertz CT molecular complexity index is 1050. The van der Waals surface area contributed by atoms with Gasteiger partial charge < -0.3 is 14.9 Å². The van der Waals surface area contributed by atoms with Crippen molar-refractivity contribution in [3.05, 3.63) is 77.4 Å². The number of hydrogen-bond donors (Lipinski definition) is 1. The fraction of sp³-hybridized carbons (Fsp3) is 0.400. The van der Waals surface area contributed by atoms with Crippen LogP contribution >= 0.6 is 0 Å². The van der Waals surface area contributed by atoms with Gasteiger partial charge in [-0.15, -0.1) is 0 Å². The maximum atomic E-state index is 14.6. The summed E-state index contributed by atoms with van der Waals surface area (Å²) >= 11 is 0. The van der Waals surface area contributed by atoms with Crippen molar-refractivity contribution < 1.29 is 23.1 Å². The number of halogens is 3. The lowest BCUT2D eigenvalue weighted by molar-refractivity contribution is 0.0800. The van der Waals surface area contributed by atoms with Crippen LogP contribution in [0, 0.1) is 11.6 Å². The van der Waals surface area contributed by atoms with Crippen LogP contribution in [-0.2, 0) is 5.54 Å². The molecule has 0 aromatic heterocycles. The highest BCUT2D eigenvalue weighted by Crippen LogP contribution is 2.41. The highest BCUT2D eigenvalue weighted by Gasteiger charge is 2.47. The molecule has 2 amide bonds. The minimum atomic E-state index is -1.25. The van der Waals surface area contributed by atoms with E-state index in [0.717, 1.165) is 18.2 Å². The second-order valence-corrected chi connectivity index (χ2v) is 8.86. The standard InChI is InChI=1S/C25H28F3N3O2/c1-29-15-21(11-20(29)13-26)30(2)24(33)31-14-17(22-10-19(27)8-9-23(22)28)12-25(31,16-32)18-6-4-3-5-7-18/h3-10,12,20-21,32H,11,13-16H2,1-2H3/t20-,21+,25-/m1/s1. The third-order valence-electron chi connectivity index (χ3n) is 6.94. The highest BCUT2D eigenvalue weighted by atomic mass is 19.1. The molecule has 33 heavy (non-hydrogen) atoms. The average molecular weight is 460 g/mol. The molecule has 0 radical (unpaired) electrons. The van der Waals surface area contributed by atoms with Gasteiger partial charge in [-0.2, -0.15) is 0 Å². The van der Waals surface area contributed by atoms with Crippen LogP contribution in [0.25, 0.3) is 5.57 Å². The van der Waals surface area contributed by atoms with Gasteiger partial charge in [0.15, 0.2) is 0 Å². The van der Waals surface area contributed by atoms with Crippen LogP contribution in [0.2, 0.25) is 0 Å². The van der Waals surface area contributed by atoms with Crippen molar-refractivity contribution in [3.63, 3.8) is 0 Å². The first kappa shape index (κ1) is 23.3. The summed E-state index contributed by atoms with van der Waals surface area (Å²) in [5.41, 5.74) is -0.118. The SMILES string of the molecule is CN1C[C@@H](N(C)C(=O)N2CC(c3cc(F)ccc3F)=C[C@@]2(CO)c2ccccc2)C[C@@H]1CF. The number of likely N-dealkylation sites (N-methyl/N-ethyl adjacent to an activating group) is 2.